The molecule has 0 bridgehead atoms. The molecular formula is C19H19F4NO3S. The highest BCUT2D eigenvalue weighted by Crippen LogP contribution is 2.34. The van der Waals surface area contributed by atoms with Crippen LogP contribution in [-0.4, -0.2) is 20.4 Å². The van der Waals surface area contributed by atoms with Gasteiger partial charge in [-0.25, -0.2) is 12.8 Å². The number of Topliss-reactive ketones (excluding diaryl/α,β-unsaturated/α-hetero) is 1. The Morgan fingerprint density at radius 2 is 1.79 bits per heavy atom. The maximum Gasteiger partial charge on any atom is 0.408 e. The Bertz CT molecular complexity index is 913. The van der Waals surface area contributed by atoms with Crippen LogP contribution in [0.25, 0.3) is 0 Å². The first-order valence-electron chi connectivity index (χ1n) is 8.44. The van der Waals surface area contributed by atoms with E-state index in [0.29, 0.717) is 19.3 Å². The minimum absolute atomic E-state index is 0.0730. The second-order valence-corrected chi connectivity index (χ2v) is 7.96. The molecule has 4 nitrogen and oxygen atoms in total. The maximum atomic E-state index is 13.5. The molecule has 0 amide bonds. The van der Waals surface area contributed by atoms with Crippen LogP contribution in [0.15, 0.2) is 59.0 Å². The molecular weight excluding hydrogens is 398 g/mol. The van der Waals surface area contributed by atoms with E-state index in [1.807, 2.05) is 0 Å². The molecule has 1 aromatic carbocycles. The summed E-state index contributed by atoms with van der Waals surface area (Å²) in [6.07, 6.45) is 2.06. The summed E-state index contributed by atoms with van der Waals surface area (Å²) in [4.78, 5) is 11.3. The van der Waals surface area contributed by atoms with Gasteiger partial charge in [-0.2, -0.15) is 17.9 Å². The number of carbonyl (C=O) groups excluding carboxylic acids is 1. The van der Waals surface area contributed by atoms with Gasteiger partial charge < -0.3 is 0 Å². The third-order valence-electron chi connectivity index (χ3n) is 4.04. The highest BCUT2D eigenvalue weighted by molar-refractivity contribution is 7.93. The molecule has 9 heteroatoms. The third-order valence-corrected chi connectivity index (χ3v) is 5.49. The third kappa shape index (κ3) is 5.87. The van der Waals surface area contributed by atoms with Crippen molar-refractivity contribution in [1.29, 1.82) is 0 Å². The minimum atomic E-state index is -4.95. The Morgan fingerprint density at radius 3 is 2.36 bits per heavy atom. The molecule has 28 heavy (non-hydrogen) atoms. The molecule has 0 saturated heterocycles. The van der Waals surface area contributed by atoms with Gasteiger partial charge in [0.2, 0.25) is 10.0 Å². The van der Waals surface area contributed by atoms with Crippen molar-refractivity contribution < 1.29 is 30.8 Å². The first kappa shape index (κ1) is 22.0. The quantitative estimate of drug-likeness (QED) is 0.718. The van der Waals surface area contributed by atoms with Crippen LogP contribution >= 0.6 is 0 Å². The lowest BCUT2D eigenvalue weighted by Crippen LogP contribution is -2.38. The number of ketones is 1. The molecule has 0 spiro atoms. The van der Waals surface area contributed by atoms with Gasteiger partial charge in [0.1, 0.15) is 11.9 Å². The smallest absolute Gasteiger partial charge is 0.295 e. The molecule has 1 aliphatic carbocycles. The Hall–Kier alpha value is -2.26. The van der Waals surface area contributed by atoms with E-state index in [-0.39, 0.29) is 5.57 Å². The van der Waals surface area contributed by atoms with Gasteiger partial charge in [0.25, 0.3) is 0 Å². The van der Waals surface area contributed by atoms with E-state index in [2.05, 4.69) is 0 Å². The molecule has 0 saturated carbocycles. The van der Waals surface area contributed by atoms with Crippen LogP contribution in [0.4, 0.5) is 17.6 Å². The van der Waals surface area contributed by atoms with Gasteiger partial charge in [-0.3, -0.25) is 4.79 Å². The number of hydrogen-bond donors (Lipinski definition) is 1. The van der Waals surface area contributed by atoms with E-state index in [1.165, 1.54) is 19.1 Å². The van der Waals surface area contributed by atoms with Gasteiger partial charge in [-0.1, -0.05) is 30.4 Å². The normalized spacial score (nSPS) is 21.9. The lowest BCUT2D eigenvalue weighted by atomic mass is 10.1. The van der Waals surface area contributed by atoms with E-state index >= 15 is 0 Å². The van der Waals surface area contributed by atoms with Gasteiger partial charge in [0.15, 0.2) is 5.78 Å². The van der Waals surface area contributed by atoms with Gasteiger partial charge >= 0.3 is 6.18 Å². The van der Waals surface area contributed by atoms with Gasteiger partial charge in [-0.15, -0.1) is 0 Å². The van der Waals surface area contributed by atoms with Crippen molar-refractivity contribution >= 4 is 15.8 Å². The number of benzene rings is 1. The molecule has 2 rings (SSSR count). The minimum Gasteiger partial charge on any atom is -0.295 e. The number of nitrogens with one attached hydrogen (secondary N) is 1. The highest BCUT2D eigenvalue weighted by atomic mass is 32.2. The van der Waals surface area contributed by atoms with Crippen LogP contribution in [0.3, 0.4) is 0 Å². The molecule has 0 aromatic heterocycles. The van der Waals surface area contributed by atoms with Gasteiger partial charge in [-0.05, 0) is 50.0 Å². The van der Waals surface area contributed by atoms with Crippen molar-refractivity contribution in [2.45, 2.75) is 38.4 Å². The van der Waals surface area contributed by atoms with Crippen LogP contribution in [-0.2, 0) is 14.8 Å². The van der Waals surface area contributed by atoms with E-state index in [1.54, 1.807) is 10.8 Å². The Balaban J connectivity index is 2.45. The van der Waals surface area contributed by atoms with Crippen molar-refractivity contribution in [3.05, 3.63) is 70.4 Å². The van der Waals surface area contributed by atoms with E-state index < -0.39 is 44.3 Å². The lowest BCUT2D eigenvalue weighted by molar-refractivity contribution is -0.153. The predicted octanol–water partition coefficient (Wildman–Crippen LogP) is 4.49. The molecule has 0 aliphatic heterocycles. The van der Waals surface area contributed by atoms with Crippen molar-refractivity contribution in [3.63, 3.8) is 0 Å². The standard InChI is InChI=1S/C19H19F4NO3S/c1-13(25)15-6-4-2-3-5-7-17(12-15)28(26,27)24-18(19(21,22)23)14-8-10-16(20)11-9-14/h4,6-12,18,24H,2-3,5H2,1H3/b6-4+,15-12+,17-7+. The van der Waals surface area contributed by atoms with Crippen LogP contribution in [0.5, 0.6) is 0 Å². The molecule has 0 fully saturated rings. The van der Waals surface area contributed by atoms with E-state index in [0.717, 1.165) is 30.3 Å². The molecule has 1 aliphatic rings. The first-order valence-corrected chi connectivity index (χ1v) is 9.93. The summed E-state index contributed by atoms with van der Waals surface area (Å²) in [6.45, 7) is 1.24. The fourth-order valence-electron chi connectivity index (χ4n) is 2.56. The number of sulfonamides is 1. The van der Waals surface area contributed by atoms with Crippen LogP contribution in [0, 0.1) is 5.82 Å². The molecule has 0 heterocycles. The van der Waals surface area contributed by atoms with Crippen LogP contribution in [0.2, 0.25) is 0 Å². The fraction of sp³-hybridized carbons (Fsp3) is 0.316. The Labute approximate surface area is 160 Å². The summed E-state index contributed by atoms with van der Waals surface area (Å²) in [7, 11) is -4.61. The van der Waals surface area contributed by atoms with Crippen molar-refractivity contribution in [1.82, 2.24) is 4.72 Å². The summed E-state index contributed by atoms with van der Waals surface area (Å²) >= 11 is 0. The lowest BCUT2D eigenvalue weighted by Gasteiger charge is -2.22. The zero-order chi connectivity index (χ0) is 20.9. The zero-order valence-corrected chi connectivity index (χ0v) is 15.8. The second kappa shape index (κ2) is 8.83. The molecule has 0 radical (unpaired) electrons. The van der Waals surface area contributed by atoms with Crippen molar-refractivity contribution in [2.24, 2.45) is 0 Å². The second-order valence-electron chi connectivity index (χ2n) is 6.24. The largest absolute Gasteiger partial charge is 0.408 e. The maximum absolute atomic E-state index is 13.5. The molecule has 152 valence electrons. The summed E-state index contributed by atoms with van der Waals surface area (Å²) in [6, 6.07) is 0.817. The summed E-state index contributed by atoms with van der Waals surface area (Å²) < 4.78 is 80.6. The number of hydrogen-bond acceptors (Lipinski definition) is 3. The average Bonchev–Trinajstić information content (AvgIpc) is 2.72. The Kier molecular flexibility index (Phi) is 6.95. The molecule has 1 N–H and O–H groups in total. The van der Waals surface area contributed by atoms with Crippen LogP contribution in [0.1, 0.15) is 37.8 Å². The van der Waals surface area contributed by atoms with Crippen molar-refractivity contribution in [2.75, 3.05) is 0 Å². The zero-order valence-electron chi connectivity index (χ0n) is 15.0. The molecule has 1 aromatic rings. The first-order chi connectivity index (χ1) is 13.0. The van der Waals surface area contributed by atoms with Gasteiger partial charge in [0.05, 0.1) is 4.91 Å². The molecule has 1 unspecified atom stereocenters. The summed E-state index contributed by atoms with van der Waals surface area (Å²) in [5, 5.41) is 0. The van der Waals surface area contributed by atoms with Crippen molar-refractivity contribution in [3.8, 4) is 0 Å². The summed E-state index contributed by atoms with van der Waals surface area (Å²) in [5.41, 5.74) is -0.374. The number of allylic oxidation sites excluding steroid dienone is 5. The highest BCUT2D eigenvalue weighted by Gasteiger charge is 2.43. The number of alkyl halides is 3. The topological polar surface area (TPSA) is 63.2 Å². The Morgan fingerprint density at radius 1 is 1.14 bits per heavy atom. The average molecular weight is 417 g/mol. The van der Waals surface area contributed by atoms with Gasteiger partial charge in [0, 0.05) is 5.57 Å². The molecule has 1 atom stereocenters. The van der Waals surface area contributed by atoms with E-state index in [4.69, 9.17) is 0 Å². The SMILES string of the molecule is CC(=O)C1=C/C(S(=O)(=O)NC(c2ccc(F)cc2)C(F)(F)F)=C\CCC\C=C\1. The number of carbonyl (C=O) groups is 1. The number of rotatable bonds is 5. The number of halogens is 4. The summed E-state index contributed by atoms with van der Waals surface area (Å²) in [5.74, 6) is -1.16. The predicted molar refractivity (Wildman–Crippen MR) is 97.1 cm³/mol. The monoisotopic (exact) mass is 417 g/mol. The van der Waals surface area contributed by atoms with E-state index in [9.17, 15) is 30.8 Å². The fourth-order valence-corrected chi connectivity index (χ4v) is 3.89. The van der Waals surface area contributed by atoms with Crippen LogP contribution < -0.4 is 4.72 Å².